The number of carbonyl (C=O) groups excluding carboxylic acids is 1. The summed E-state index contributed by atoms with van der Waals surface area (Å²) >= 11 is 1.40. The molecule has 0 radical (unpaired) electrons. The number of aryl methyl sites for hydroxylation is 1. The summed E-state index contributed by atoms with van der Waals surface area (Å²) in [5.74, 6) is -0.200. The minimum Gasteiger partial charge on any atom is -0.298 e. The van der Waals surface area contributed by atoms with Crippen LogP contribution in [0.5, 0.6) is 0 Å². The quantitative estimate of drug-likeness (QED) is 0.737. The number of aromatic amines is 1. The molecule has 0 atom stereocenters. The number of amides is 1. The molecule has 7 heteroatoms. The van der Waals surface area contributed by atoms with Crippen LogP contribution in [0.2, 0.25) is 0 Å². The van der Waals surface area contributed by atoms with Crippen LogP contribution in [0.1, 0.15) is 16.1 Å². The van der Waals surface area contributed by atoms with Crippen molar-refractivity contribution in [3.05, 3.63) is 34.8 Å². The van der Waals surface area contributed by atoms with E-state index < -0.39 is 0 Å². The second-order valence-electron chi connectivity index (χ2n) is 3.78. The molecule has 2 aromatic heterocycles. The molecule has 0 saturated carbocycles. The predicted molar refractivity (Wildman–Crippen MR) is 68.7 cm³/mol. The van der Waals surface area contributed by atoms with Gasteiger partial charge in [0.05, 0.1) is 5.69 Å². The molecule has 0 aliphatic heterocycles. The zero-order valence-corrected chi connectivity index (χ0v) is 10.3. The molecule has 3 rings (SSSR count). The van der Waals surface area contributed by atoms with Gasteiger partial charge in [-0.05, 0) is 25.1 Å². The predicted octanol–water partition coefficient (Wildman–Crippen LogP) is 1.98. The van der Waals surface area contributed by atoms with Gasteiger partial charge in [-0.3, -0.25) is 10.1 Å². The standard InChI is InChI=1S/C11H9N5OS/c1-6-5-18-11(12-6)13-10(17)7-2-3-8-9(4-7)15-16-14-8/h2-5H,1H3,(H,12,13,17)(H,14,15,16). The van der Waals surface area contributed by atoms with Gasteiger partial charge in [0, 0.05) is 10.9 Å². The van der Waals surface area contributed by atoms with Gasteiger partial charge in [0.2, 0.25) is 0 Å². The molecular formula is C11H9N5OS. The van der Waals surface area contributed by atoms with Gasteiger partial charge in [-0.25, -0.2) is 4.98 Å². The number of rotatable bonds is 2. The molecule has 0 spiro atoms. The summed E-state index contributed by atoms with van der Waals surface area (Å²) in [5, 5.41) is 15.6. The molecular weight excluding hydrogens is 250 g/mol. The van der Waals surface area contributed by atoms with E-state index in [4.69, 9.17) is 0 Å². The van der Waals surface area contributed by atoms with Gasteiger partial charge in [-0.1, -0.05) is 0 Å². The Morgan fingerprint density at radius 2 is 2.17 bits per heavy atom. The molecule has 18 heavy (non-hydrogen) atoms. The van der Waals surface area contributed by atoms with Crippen molar-refractivity contribution in [3.63, 3.8) is 0 Å². The van der Waals surface area contributed by atoms with Crippen molar-refractivity contribution >= 4 is 33.4 Å². The normalized spacial score (nSPS) is 10.7. The Hall–Kier alpha value is -2.28. The van der Waals surface area contributed by atoms with Crippen molar-refractivity contribution in [1.82, 2.24) is 20.4 Å². The van der Waals surface area contributed by atoms with Crippen molar-refractivity contribution in [2.45, 2.75) is 6.92 Å². The van der Waals surface area contributed by atoms with Gasteiger partial charge in [-0.2, -0.15) is 15.4 Å². The maximum atomic E-state index is 12.0. The van der Waals surface area contributed by atoms with Crippen LogP contribution in [0.4, 0.5) is 5.13 Å². The highest BCUT2D eigenvalue weighted by Crippen LogP contribution is 2.17. The minimum absolute atomic E-state index is 0.200. The van der Waals surface area contributed by atoms with Gasteiger partial charge in [0.25, 0.3) is 5.91 Å². The van der Waals surface area contributed by atoms with Crippen LogP contribution in [0.15, 0.2) is 23.6 Å². The lowest BCUT2D eigenvalue weighted by molar-refractivity contribution is 0.102. The topological polar surface area (TPSA) is 83.6 Å². The summed E-state index contributed by atoms with van der Waals surface area (Å²) in [5.41, 5.74) is 2.82. The minimum atomic E-state index is -0.200. The van der Waals surface area contributed by atoms with Gasteiger partial charge >= 0.3 is 0 Å². The van der Waals surface area contributed by atoms with Crippen LogP contribution in [0.3, 0.4) is 0 Å². The number of nitrogens with one attached hydrogen (secondary N) is 2. The number of hydrogen-bond acceptors (Lipinski definition) is 5. The molecule has 6 nitrogen and oxygen atoms in total. The highest BCUT2D eigenvalue weighted by molar-refractivity contribution is 7.13. The average molecular weight is 259 g/mol. The van der Waals surface area contributed by atoms with E-state index in [1.807, 2.05) is 12.3 Å². The molecule has 1 amide bonds. The van der Waals surface area contributed by atoms with Crippen LogP contribution in [0.25, 0.3) is 11.0 Å². The second kappa shape index (κ2) is 4.19. The number of aromatic nitrogens is 4. The number of nitrogens with zero attached hydrogens (tertiary/aromatic N) is 3. The molecule has 90 valence electrons. The largest absolute Gasteiger partial charge is 0.298 e. The number of anilines is 1. The Labute approximate surface area is 106 Å². The van der Waals surface area contributed by atoms with Crippen LogP contribution in [-0.4, -0.2) is 26.3 Å². The average Bonchev–Trinajstić information content (AvgIpc) is 2.96. The lowest BCUT2D eigenvalue weighted by Crippen LogP contribution is -2.11. The third-order valence-electron chi connectivity index (χ3n) is 2.42. The Balaban J connectivity index is 1.87. The van der Waals surface area contributed by atoms with E-state index in [0.717, 1.165) is 11.2 Å². The SMILES string of the molecule is Cc1csc(NC(=O)c2ccc3n[nH]nc3c2)n1. The van der Waals surface area contributed by atoms with Crippen LogP contribution in [0, 0.1) is 6.92 Å². The smallest absolute Gasteiger partial charge is 0.257 e. The molecule has 3 aromatic rings. The second-order valence-corrected chi connectivity index (χ2v) is 4.63. The number of thiazole rings is 1. The summed E-state index contributed by atoms with van der Waals surface area (Å²) in [4.78, 5) is 16.2. The van der Waals surface area contributed by atoms with Crippen molar-refractivity contribution in [1.29, 1.82) is 0 Å². The maximum absolute atomic E-state index is 12.0. The fraction of sp³-hybridized carbons (Fsp3) is 0.0909. The van der Waals surface area contributed by atoms with E-state index in [1.165, 1.54) is 11.3 Å². The number of hydrogen-bond donors (Lipinski definition) is 2. The van der Waals surface area contributed by atoms with Crippen molar-refractivity contribution < 1.29 is 4.79 Å². The van der Waals surface area contributed by atoms with Crippen molar-refractivity contribution in [3.8, 4) is 0 Å². The highest BCUT2D eigenvalue weighted by Gasteiger charge is 2.10. The fourth-order valence-corrected chi connectivity index (χ4v) is 2.25. The summed E-state index contributed by atoms with van der Waals surface area (Å²) in [7, 11) is 0. The van der Waals surface area contributed by atoms with E-state index in [2.05, 4.69) is 25.7 Å². The summed E-state index contributed by atoms with van der Waals surface area (Å²) in [6.45, 7) is 1.88. The number of carbonyl (C=O) groups is 1. The lowest BCUT2D eigenvalue weighted by Gasteiger charge is -2.00. The molecule has 0 unspecified atom stereocenters. The van der Waals surface area contributed by atoms with Crippen LogP contribution < -0.4 is 5.32 Å². The molecule has 0 aliphatic rings. The van der Waals surface area contributed by atoms with E-state index in [0.29, 0.717) is 16.2 Å². The Bertz CT molecular complexity index is 717. The van der Waals surface area contributed by atoms with E-state index in [-0.39, 0.29) is 5.91 Å². The van der Waals surface area contributed by atoms with Crippen LogP contribution >= 0.6 is 11.3 Å². The molecule has 0 bridgehead atoms. The number of fused-ring (bicyclic) bond motifs is 1. The van der Waals surface area contributed by atoms with Gasteiger partial charge in [0.1, 0.15) is 11.0 Å². The van der Waals surface area contributed by atoms with Crippen molar-refractivity contribution in [2.75, 3.05) is 5.32 Å². The Morgan fingerprint density at radius 3 is 2.94 bits per heavy atom. The van der Waals surface area contributed by atoms with Crippen LogP contribution in [-0.2, 0) is 0 Å². The van der Waals surface area contributed by atoms with E-state index >= 15 is 0 Å². The first-order chi connectivity index (χ1) is 8.72. The zero-order valence-electron chi connectivity index (χ0n) is 9.47. The first kappa shape index (κ1) is 10.8. The zero-order chi connectivity index (χ0) is 12.5. The van der Waals surface area contributed by atoms with Gasteiger partial charge in [-0.15, -0.1) is 11.3 Å². The molecule has 2 heterocycles. The summed E-state index contributed by atoms with van der Waals surface area (Å²) < 4.78 is 0. The Morgan fingerprint density at radius 1 is 1.33 bits per heavy atom. The number of benzene rings is 1. The third-order valence-corrected chi connectivity index (χ3v) is 3.29. The van der Waals surface area contributed by atoms with Crippen molar-refractivity contribution in [2.24, 2.45) is 0 Å². The first-order valence-corrected chi connectivity index (χ1v) is 6.14. The molecule has 0 fully saturated rings. The third kappa shape index (κ3) is 1.95. The molecule has 2 N–H and O–H groups in total. The monoisotopic (exact) mass is 259 g/mol. The first-order valence-electron chi connectivity index (χ1n) is 5.26. The number of H-pyrrole nitrogens is 1. The van der Waals surface area contributed by atoms with Gasteiger partial charge in [0.15, 0.2) is 5.13 Å². The summed E-state index contributed by atoms with van der Waals surface area (Å²) in [6, 6.07) is 5.15. The van der Waals surface area contributed by atoms with E-state index in [1.54, 1.807) is 18.2 Å². The fourth-order valence-electron chi connectivity index (χ4n) is 1.56. The lowest BCUT2D eigenvalue weighted by atomic mass is 10.2. The highest BCUT2D eigenvalue weighted by atomic mass is 32.1. The van der Waals surface area contributed by atoms with E-state index in [9.17, 15) is 4.79 Å². The molecule has 1 aromatic carbocycles. The van der Waals surface area contributed by atoms with Gasteiger partial charge < -0.3 is 0 Å². The maximum Gasteiger partial charge on any atom is 0.257 e. The summed E-state index contributed by atoms with van der Waals surface area (Å²) in [6.07, 6.45) is 0. The Kier molecular flexibility index (Phi) is 2.52. The molecule has 0 aliphatic carbocycles. The molecule has 0 saturated heterocycles.